The van der Waals surface area contributed by atoms with Gasteiger partial charge in [0.25, 0.3) is 0 Å². The van der Waals surface area contributed by atoms with Gasteiger partial charge in [-0.3, -0.25) is 0 Å². The van der Waals surface area contributed by atoms with Crippen molar-refractivity contribution < 1.29 is 29.3 Å². The summed E-state index contributed by atoms with van der Waals surface area (Å²) in [5.74, 6) is -2.22. The van der Waals surface area contributed by atoms with Gasteiger partial charge in [0.15, 0.2) is 0 Å². The number of carboxylic acid groups (broad SMARTS) is 2. The second-order valence-electron chi connectivity index (χ2n) is 5.80. The SMILES string of the molecule is C=C(C)C(=O)O.C=CC(=O)OCCCC.C=Cc1ccccc1CC(=C)C(=O)O. The molecule has 0 amide bonds. The molecule has 0 saturated carbocycles. The first-order valence-electron chi connectivity index (χ1n) is 8.89. The molecule has 29 heavy (non-hydrogen) atoms. The highest BCUT2D eigenvalue weighted by atomic mass is 16.5. The van der Waals surface area contributed by atoms with Crippen molar-refractivity contribution in [2.45, 2.75) is 33.1 Å². The largest absolute Gasteiger partial charge is 0.478 e. The fourth-order valence-corrected chi connectivity index (χ4v) is 1.58. The van der Waals surface area contributed by atoms with Crippen LogP contribution in [0.3, 0.4) is 0 Å². The zero-order valence-electron chi connectivity index (χ0n) is 17.1. The summed E-state index contributed by atoms with van der Waals surface area (Å²) < 4.78 is 4.67. The van der Waals surface area contributed by atoms with Gasteiger partial charge in [0.05, 0.1) is 6.61 Å². The van der Waals surface area contributed by atoms with Crippen LogP contribution >= 0.6 is 0 Å². The van der Waals surface area contributed by atoms with E-state index < -0.39 is 11.9 Å². The molecule has 0 aliphatic rings. The Morgan fingerprint density at radius 1 is 1.07 bits per heavy atom. The molecule has 1 aromatic carbocycles. The van der Waals surface area contributed by atoms with Crippen LogP contribution in [-0.2, 0) is 25.5 Å². The highest BCUT2D eigenvalue weighted by molar-refractivity contribution is 5.86. The Morgan fingerprint density at radius 3 is 2.03 bits per heavy atom. The van der Waals surface area contributed by atoms with Gasteiger partial charge in [-0.15, -0.1) is 0 Å². The predicted molar refractivity (Wildman–Crippen MR) is 116 cm³/mol. The molecule has 0 atom stereocenters. The molecule has 0 aromatic heterocycles. The molecule has 0 saturated heterocycles. The van der Waals surface area contributed by atoms with Crippen molar-refractivity contribution in [3.05, 3.63) is 78.9 Å². The molecule has 0 fully saturated rings. The fourth-order valence-electron chi connectivity index (χ4n) is 1.58. The van der Waals surface area contributed by atoms with Crippen LogP contribution in [0.5, 0.6) is 0 Å². The third-order valence-corrected chi connectivity index (χ3v) is 3.26. The molecule has 0 radical (unpaired) electrons. The molecule has 0 bridgehead atoms. The van der Waals surface area contributed by atoms with E-state index in [0.717, 1.165) is 24.0 Å². The summed E-state index contributed by atoms with van der Waals surface area (Å²) in [7, 11) is 0. The number of aliphatic carboxylic acids is 2. The average molecular weight is 402 g/mol. The Kier molecular flexibility index (Phi) is 16.1. The molecule has 2 N–H and O–H groups in total. The fraction of sp³-hybridized carbons (Fsp3) is 0.261. The number of rotatable bonds is 9. The molecule has 0 aliphatic heterocycles. The topological polar surface area (TPSA) is 101 Å². The van der Waals surface area contributed by atoms with E-state index in [4.69, 9.17) is 10.2 Å². The molecule has 0 spiro atoms. The Bertz CT molecular complexity index is 719. The second-order valence-corrected chi connectivity index (χ2v) is 5.80. The number of hydrogen-bond acceptors (Lipinski definition) is 4. The van der Waals surface area contributed by atoms with Crippen molar-refractivity contribution in [2.24, 2.45) is 0 Å². The van der Waals surface area contributed by atoms with Crippen molar-refractivity contribution in [1.82, 2.24) is 0 Å². The number of benzene rings is 1. The molecule has 6 heteroatoms. The van der Waals surface area contributed by atoms with Crippen molar-refractivity contribution in [3.63, 3.8) is 0 Å². The van der Waals surface area contributed by atoms with Gasteiger partial charge in [-0.25, -0.2) is 14.4 Å². The summed E-state index contributed by atoms with van der Waals surface area (Å²) in [5.41, 5.74) is 2.26. The van der Waals surface area contributed by atoms with E-state index in [1.54, 1.807) is 6.08 Å². The number of carbonyl (C=O) groups is 3. The lowest BCUT2D eigenvalue weighted by Gasteiger charge is -2.04. The van der Waals surface area contributed by atoms with Gasteiger partial charge in [0.1, 0.15) is 0 Å². The van der Waals surface area contributed by atoms with E-state index in [9.17, 15) is 14.4 Å². The summed E-state index contributed by atoms with van der Waals surface area (Å²) in [4.78, 5) is 30.5. The van der Waals surface area contributed by atoms with Crippen molar-refractivity contribution in [1.29, 1.82) is 0 Å². The lowest BCUT2D eigenvalue weighted by Crippen LogP contribution is -2.03. The minimum atomic E-state index is -0.955. The standard InChI is InChI=1S/C12H12O2.C7H12O2.C4H6O2/c1-3-10-6-4-5-7-11(10)8-9(2)12(13)14;1-3-5-6-9-7(8)4-2;1-3(2)4(5)6/h3-7H,1-2,8H2,(H,13,14);4H,2-3,5-6H2,1H3;1H2,2H3,(H,5,6). The number of esters is 1. The Morgan fingerprint density at radius 2 is 1.62 bits per heavy atom. The van der Waals surface area contributed by atoms with Gasteiger partial charge in [-0.1, -0.05) is 70.0 Å². The molecular formula is C23H30O6. The Balaban J connectivity index is 0. The van der Waals surface area contributed by atoms with Gasteiger partial charge in [0, 0.05) is 23.6 Å². The lowest BCUT2D eigenvalue weighted by atomic mass is 10.0. The highest BCUT2D eigenvalue weighted by Crippen LogP contribution is 2.13. The zero-order chi connectivity index (χ0) is 22.8. The van der Waals surface area contributed by atoms with Gasteiger partial charge in [-0.2, -0.15) is 0 Å². The first kappa shape index (κ1) is 27.8. The number of carbonyl (C=O) groups excluding carboxylic acids is 1. The van der Waals surface area contributed by atoms with Crippen molar-refractivity contribution in [2.75, 3.05) is 6.61 Å². The number of ether oxygens (including phenoxy) is 1. The summed E-state index contributed by atoms with van der Waals surface area (Å²) in [6.45, 7) is 17.6. The summed E-state index contributed by atoms with van der Waals surface area (Å²) >= 11 is 0. The van der Waals surface area contributed by atoms with E-state index >= 15 is 0 Å². The van der Waals surface area contributed by atoms with Crippen molar-refractivity contribution in [3.8, 4) is 0 Å². The lowest BCUT2D eigenvalue weighted by molar-refractivity contribution is -0.138. The monoisotopic (exact) mass is 402 g/mol. The van der Waals surface area contributed by atoms with Crippen LogP contribution in [0.2, 0.25) is 0 Å². The molecule has 1 aromatic rings. The normalized spacial score (nSPS) is 8.76. The second kappa shape index (κ2) is 16.7. The van der Waals surface area contributed by atoms with E-state index in [1.807, 2.05) is 31.2 Å². The van der Waals surface area contributed by atoms with Gasteiger partial charge in [0.2, 0.25) is 0 Å². The zero-order valence-corrected chi connectivity index (χ0v) is 17.1. The minimum absolute atomic E-state index is 0.176. The third kappa shape index (κ3) is 15.4. The minimum Gasteiger partial charge on any atom is -0.478 e. The van der Waals surface area contributed by atoms with E-state index in [-0.39, 0.29) is 17.1 Å². The third-order valence-electron chi connectivity index (χ3n) is 3.26. The van der Waals surface area contributed by atoms with Crippen LogP contribution in [0, 0.1) is 0 Å². The Labute approximate surface area is 172 Å². The number of hydrogen-bond donors (Lipinski definition) is 2. The number of carboxylic acids is 2. The van der Waals surface area contributed by atoms with Crippen LogP contribution in [0.25, 0.3) is 6.08 Å². The van der Waals surface area contributed by atoms with Crippen LogP contribution in [-0.4, -0.2) is 34.7 Å². The molecule has 1 rings (SSSR count). The quantitative estimate of drug-likeness (QED) is 0.353. The molecule has 0 unspecified atom stereocenters. The van der Waals surface area contributed by atoms with Crippen molar-refractivity contribution >= 4 is 24.0 Å². The van der Waals surface area contributed by atoms with Crippen LogP contribution in [0.15, 0.2) is 67.8 Å². The predicted octanol–water partition coefficient (Wildman–Crippen LogP) is 4.68. The smallest absolute Gasteiger partial charge is 0.331 e. The number of unbranched alkanes of at least 4 members (excludes halogenated alkanes) is 1. The summed E-state index contributed by atoms with van der Waals surface area (Å²) in [6, 6.07) is 7.55. The Hall–Kier alpha value is -3.41. The molecule has 0 aliphatic carbocycles. The maximum Gasteiger partial charge on any atom is 0.331 e. The highest BCUT2D eigenvalue weighted by Gasteiger charge is 2.06. The molecule has 158 valence electrons. The van der Waals surface area contributed by atoms with Gasteiger partial charge < -0.3 is 14.9 Å². The van der Waals surface area contributed by atoms with Crippen LogP contribution < -0.4 is 0 Å². The van der Waals surface area contributed by atoms with Crippen LogP contribution in [0.1, 0.15) is 37.8 Å². The maximum atomic E-state index is 10.6. The molecule has 0 heterocycles. The molecular weight excluding hydrogens is 372 g/mol. The maximum absolute atomic E-state index is 10.6. The van der Waals surface area contributed by atoms with E-state index in [2.05, 4.69) is 31.1 Å². The molecule has 6 nitrogen and oxygen atoms in total. The van der Waals surface area contributed by atoms with Gasteiger partial charge in [-0.05, 0) is 24.5 Å². The van der Waals surface area contributed by atoms with E-state index in [1.165, 1.54) is 13.0 Å². The van der Waals surface area contributed by atoms with Gasteiger partial charge >= 0.3 is 17.9 Å². The average Bonchev–Trinajstić information content (AvgIpc) is 2.69. The van der Waals surface area contributed by atoms with Crippen LogP contribution in [0.4, 0.5) is 0 Å². The summed E-state index contributed by atoms with van der Waals surface area (Å²) in [6.07, 6.45) is 5.22. The summed E-state index contributed by atoms with van der Waals surface area (Å²) in [5, 5.41) is 16.6. The first-order chi connectivity index (χ1) is 13.6. The van der Waals surface area contributed by atoms with E-state index in [0.29, 0.717) is 13.0 Å². The first-order valence-corrected chi connectivity index (χ1v) is 8.89.